The smallest absolute Gasteiger partial charge is 0.194 e. The minimum Gasteiger partial charge on any atom is -0.378 e. The Hall–Kier alpha value is -0.830. The zero-order chi connectivity index (χ0) is 19.1. The van der Waals surface area contributed by atoms with E-state index in [4.69, 9.17) is 14.3 Å². The van der Waals surface area contributed by atoms with Crippen molar-refractivity contribution < 1.29 is 9.26 Å². The number of hydrogen-bond donors (Lipinski definition) is 1. The molecule has 2 heterocycles. The van der Waals surface area contributed by atoms with Gasteiger partial charge in [-0.15, -0.1) is 24.0 Å². The van der Waals surface area contributed by atoms with Crippen LogP contribution in [0, 0.1) is 5.92 Å². The molecule has 1 saturated heterocycles. The van der Waals surface area contributed by atoms with E-state index in [2.05, 4.69) is 36.1 Å². The number of nitrogens with zero attached hydrogens (tertiary/aromatic N) is 3. The van der Waals surface area contributed by atoms with Gasteiger partial charge in [0.15, 0.2) is 11.7 Å². The highest BCUT2D eigenvalue weighted by Gasteiger charge is 2.24. The number of piperidine rings is 1. The number of rotatable bonds is 7. The van der Waals surface area contributed by atoms with Crippen LogP contribution in [0.4, 0.5) is 0 Å². The van der Waals surface area contributed by atoms with Crippen LogP contribution < -0.4 is 5.32 Å². The molecular formula is C21H37IN4O2. The number of guanidine groups is 1. The number of ether oxygens (including phenoxy) is 1. The van der Waals surface area contributed by atoms with Crippen LogP contribution in [0.15, 0.2) is 15.6 Å². The lowest BCUT2D eigenvalue weighted by molar-refractivity contribution is 0.00100. The van der Waals surface area contributed by atoms with Crippen molar-refractivity contribution in [1.82, 2.24) is 15.4 Å². The van der Waals surface area contributed by atoms with Crippen molar-refractivity contribution in [2.75, 3.05) is 26.2 Å². The first kappa shape index (κ1) is 23.4. The highest BCUT2D eigenvalue weighted by Crippen LogP contribution is 2.26. The average molecular weight is 504 g/mol. The lowest BCUT2D eigenvalue weighted by Crippen LogP contribution is -2.47. The molecule has 1 aromatic heterocycles. The molecule has 0 spiro atoms. The molecule has 160 valence electrons. The summed E-state index contributed by atoms with van der Waals surface area (Å²) in [6, 6.07) is 2.01. The monoisotopic (exact) mass is 504 g/mol. The van der Waals surface area contributed by atoms with E-state index < -0.39 is 0 Å². The third kappa shape index (κ3) is 6.90. The lowest BCUT2D eigenvalue weighted by Gasteiger charge is -2.34. The van der Waals surface area contributed by atoms with Crippen molar-refractivity contribution in [2.45, 2.75) is 77.9 Å². The molecule has 1 aliphatic heterocycles. The quantitative estimate of drug-likeness (QED) is 0.335. The van der Waals surface area contributed by atoms with E-state index in [1.807, 2.05) is 6.07 Å². The molecule has 7 heteroatoms. The number of aliphatic imine (C=N–C) groups is 1. The SMILES string of the molecule is CCNC(=NCc1cc(C(C)C)no1)N1CCC(OCC2CCCC2)CC1.I. The molecule has 0 amide bonds. The zero-order valence-electron chi connectivity index (χ0n) is 17.7. The third-order valence-corrected chi connectivity index (χ3v) is 5.67. The van der Waals surface area contributed by atoms with Crippen LogP contribution >= 0.6 is 24.0 Å². The molecule has 3 rings (SSSR count). The second kappa shape index (κ2) is 12.0. The molecule has 1 aliphatic carbocycles. The van der Waals surface area contributed by atoms with E-state index in [0.29, 0.717) is 18.6 Å². The summed E-state index contributed by atoms with van der Waals surface area (Å²) in [5, 5.41) is 7.54. The summed E-state index contributed by atoms with van der Waals surface area (Å²) in [6.07, 6.45) is 8.06. The highest BCUT2D eigenvalue weighted by atomic mass is 127. The van der Waals surface area contributed by atoms with Gasteiger partial charge in [-0.1, -0.05) is 31.8 Å². The number of halogens is 1. The van der Waals surface area contributed by atoms with Crippen molar-refractivity contribution in [3.05, 3.63) is 17.5 Å². The maximum Gasteiger partial charge on any atom is 0.194 e. The number of nitrogens with one attached hydrogen (secondary N) is 1. The van der Waals surface area contributed by atoms with Crippen LogP contribution in [0.5, 0.6) is 0 Å². The summed E-state index contributed by atoms with van der Waals surface area (Å²) in [4.78, 5) is 7.12. The second-order valence-electron chi connectivity index (χ2n) is 8.21. The van der Waals surface area contributed by atoms with Gasteiger partial charge in [0.1, 0.15) is 6.54 Å². The van der Waals surface area contributed by atoms with Crippen LogP contribution in [-0.4, -0.2) is 48.4 Å². The first-order valence-corrected chi connectivity index (χ1v) is 10.8. The van der Waals surface area contributed by atoms with Crippen molar-refractivity contribution in [3.63, 3.8) is 0 Å². The second-order valence-corrected chi connectivity index (χ2v) is 8.21. The van der Waals surface area contributed by atoms with Crippen LogP contribution in [0.3, 0.4) is 0 Å². The minimum atomic E-state index is 0. The van der Waals surface area contributed by atoms with Gasteiger partial charge in [0.2, 0.25) is 0 Å². The molecule has 2 aliphatic rings. The first-order chi connectivity index (χ1) is 13.2. The summed E-state index contributed by atoms with van der Waals surface area (Å²) in [5.41, 5.74) is 0.991. The lowest BCUT2D eigenvalue weighted by atomic mass is 10.1. The van der Waals surface area contributed by atoms with E-state index in [0.717, 1.165) is 62.4 Å². The highest BCUT2D eigenvalue weighted by molar-refractivity contribution is 14.0. The van der Waals surface area contributed by atoms with Gasteiger partial charge in [-0.25, -0.2) is 4.99 Å². The Labute approximate surface area is 186 Å². The Morgan fingerprint density at radius 3 is 2.61 bits per heavy atom. The zero-order valence-corrected chi connectivity index (χ0v) is 20.0. The molecular weight excluding hydrogens is 467 g/mol. The summed E-state index contributed by atoms with van der Waals surface area (Å²) in [6.45, 7) is 10.7. The molecule has 1 saturated carbocycles. The van der Waals surface area contributed by atoms with Gasteiger partial charge in [0.05, 0.1) is 11.8 Å². The summed E-state index contributed by atoms with van der Waals surface area (Å²) >= 11 is 0. The van der Waals surface area contributed by atoms with E-state index in [9.17, 15) is 0 Å². The van der Waals surface area contributed by atoms with Crippen molar-refractivity contribution in [3.8, 4) is 0 Å². The van der Waals surface area contributed by atoms with Gasteiger partial charge in [0, 0.05) is 32.3 Å². The number of hydrogen-bond acceptors (Lipinski definition) is 4. The fraction of sp³-hybridized carbons (Fsp3) is 0.810. The van der Waals surface area contributed by atoms with E-state index >= 15 is 0 Å². The van der Waals surface area contributed by atoms with Crippen molar-refractivity contribution in [2.24, 2.45) is 10.9 Å². The van der Waals surface area contributed by atoms with Crippen LogP contribution in [0.2, 0.25) is 0 Å². The van der Waals surface area contributed by atoms with E-state index in [1.54, 1.807) is 0 Å². The fourth-order valence-electron chi connectivity index (χ4n) is 3.94. The van der Waals surface area contributed by atoms with Crippen LogP contribution in [-0.2, 0) is 11.3 Å². The van der Waals surface area contributed by atoms with E-state index in [1.165, 1.54) is 25.7 Å². The minimum absolute atomic E-state index is 0. The average Bonchev–Trinajstić information content (AvgIpc) is 3.36. The molecule has 2 fully saturated rings. The maximum atomic E-state index is 6.20. The Morgan fingerprint density at radius 2 is 2.00 bits per heavy atom. The van der Waals surface area contributed by atoms with Gasteiger partial charge in [-0.2, -0.15) is 0 Å². The standard InChI is InChI=1S/C21H36N4O2.HI/c1-4-22-21(23-14-19-13-20(16(2)3)24-27-19)25-11-9-18(10-12-25)26-15-17-7-5-6-8-17;/h13,16-18H,4-12,14-15H2,1-3H3,(H,22,23);1H. The van der Waals surface area contributed by atoms with Gasteiger partial charge >= 0.3 is 0 Å². The predicted octanol–water partition coefficient (Wildman–Crippen LogP) is 4.55. The topological polar surface area (TPSA) is 62.9 Å². The number of likely N-dealkylation sites (tertiary alicyclic amines) is 1. The Kier molecular flexibility index (Phi) is 10.0. The summed E-state index contributed by atoms with van der Waals surface area (Å²) in [5.74, 6) is 2.97. The van der Waals surface area contributed by atoms with Crippen LogP contribution in [0.1, 0.15) is 76.7 Å². The predicted molar refractivity (Wildman–Crippen MR) is 123 cm³/mol. The Morgan fingerprint density at radius 1 is 1.29 bits per heavy atom. The van der Waals surface area contributed by atoms with Gasteiger partial charge < -0.3 is 19.5 Å². The number of aromatic nitrogens is 1. The van der Waals surface area contributed by atoms with E-state index in [-0.39, 0.29) is 24.0 Å². The molecule has 0 unspecified atom stereocenters. The molecule has 0 radical (unpaired) electrons. The summed E-state index contributed by atoms with van der Waals surface area (Å²) in [7, 11) is 0. The summed E-state index contributed by atoms with van der Waals surface area (Å²) < 4.78 is 11.6. The third-order valence-electron chi connectivity index (χ3n) is 5.67. The fourth-order valence-corrected chi connectivity index (χ4v) is 3.94. The molecule has 0 bridgehead atoms. The molecule has 1 aromatic rings. The van der Waals surface area contributed by atoms with Crippen LogP contribution in [0.25, 0.3) is 0 Å². The maximum absolute atomic E-state index is 6.20. The molecule has 1 N–H and O–H groups in total. The molecule has 28 heavy (non-hydrogen) atoms. The molecule has 6 nitrogen and oxygen atoms in total. The first-order valence-electron chi connectivity index (χ1n) is 10.8. The molecule has 0 atom stereocenters. The van der Waals surface area contributed by atoms with Crippen molar-refractivity contribution in [1.29, 1.82) is 0 Å². The Bertz CT molecular complexity index is 591. The van der Waals surface area contributed by atoms with Gasteiger partial charge in [-0.3, -0.25) is 0 Å². The normalized spacial score (nSPS) is 19.3. The van der Waals surface area contributed by atoms with Gasteiger partial charge in [-0.05, 0) is 44.4 Å². The molecule has 0 aromatic carbocycles. The van der Waals surface area contributed by atoms with Gasteiger partial charge in [0.25, 0.3) is 0 Å². The van der Waals surface area contributed by atoms with Crippen molar-refractivity contribution >= 4 is 29.9 Å². The largest absolute Gasteiger partial charge is 0.378 e. The Balaban J connectivity index is 0.00000280.